The molecule has 18 heavy (non-hydrogen) atoms. The van der Waals surface area contributed by atoms with Gasteiger partial charge in [-0.05, 0) is 26.3 Å². The molecule has 1 aromatic heterocycles. The van der Waals surface area contributed by atoms with Crippen molar-refractivity contribution in [3.8, 4) is 0 Å². The second kappa shape index (κ2) is 6.11. The van der Waals surface area contributed by atoms with Crippen LogP contribution in [0.2, 0.25) is 0 Å². The SMILES string of the molecule is COCCN1CCCC(c2nc(C)cc(=O)[nH]2)C1. The summed E-state index contributed by atoms with van der Waals surface area (Å²) in [6.07, 6.45) is 2.24. The molecule has 1 fully saturated rings. The van der Waals surface area contributed by atoms with E-state index in [4.69, 9.17) is 4.74 Å². The highest BCUT2D eigenvalue weighted by Crippen LogP contribution is 2.23. The van der Waals surface area contributed by atoms with E-state index in [0.717, 1.165) is 50.6 Å². The number of ether oxygens (including phenoxy) is 1. The van der Waals surface area contributed by atoms with Crippen LogP contribution in [0, 0.1) is 6.92 Å². The minimum absolute atomic E-state index is 0.0495. The van der Waals surface area contributed by atoms with Crippen LogP contribution in [0.5, 0.6) is 0 Å². The first-order chi connectivity index (χ1) is 8.69. The predicted molar refractivity (Wildman–Crippen MR) is 69.9 cm³/mol. The van der Waals surface area contributed by atoms with Crippen LogP contribution < -0.4 is 5.56 Å². The van der Waals surface area contributed by atoms with Crippen LogP contribution in [0.15, 0.2) is 10.9 Å². The number of hydrogen-bond donors (Lipinski definition) is 1. The van der Waals surface area contributed by atoms with Crippen molar-refractivity contribution in [2.24, 2.45) is 0 Å². The molecule has 2 rings (SSSR count). The molecular formula is C13H21N3O2. The molecule has 1 saturated heterocycles. The van der Waals surface area contributed by atoms with E-state index in [1.807, 2.05) is 6.92 Å². The smallest absolute Gasteiger partial charge is 0.251 e. The van der Waals surface area contributed by atoms with E-state index in [1.54, 1.807) is 7.11 Å². The van der Waals surface area contributed by atoms with Crippen LogP contribution in [-0.2, 0) is 4.74 Å². The number of piperidine rings is 1. The molecule has 1 atom stereocenters. The number of aryl methyl sites for hydroxylation is 1. The van der Waals surface area contributed by atoms with E-state index >= 15 is 0 Å². The Labute approximate surface area is 107 Å². The topological polar surface area (TPSA) is 58.2 Å². The Morgan fingerprint density at radius 1 is 1.61 bits per heavy atom. The summed E-state index contributed by atoms with van der Waals surface area (Å²) in [5.74, 6) is 1.17. The number of nitrogens with one attached hydrogen (secondary N) is 1. The summed E-state index contributed by atoms with van der Waals surface area (Å²) < 4.78 is 5.11. The third kappa shape index (κ3) is 3.40. The summed E-state index contributed by atoms with van der Waals surface area (Å²) in [5.41, 5.74) is 0.745. The number of likely N-dealkylation sites (tertiary alicyclic amines) is 1. The molecule has 1 N–H and O–H groups in total. The lowest BCUT2D eigenvalue weighted by atomic mass is 9.97. The lowest BCUT2D eigenvalue weighted by Gasteiger charge is -2.31. The van der Waals surface area contributed by atoms with Crippen molar-refractivity contribution in [3.05, 3.63) is 27.9 Å². The molecule has 5 heteroatoms. The second-order valence-corrected chi connectivity index (χ2v) is 4.90. The van der Waals surface area contributed by atoms with E-state index < -0.39 is 0 Å². The molecule has 2 heterocycles. The number of rotatable bonds is 4. The van der Waals surface area contributed by atoms with Crippen molar-refractivity contribution in [2.45, 2.75) is 25.7 Å². The quantitative estimate of drug-likeness (QED) is 0.864. The van der Waals surface area contributed by atoms with Crippen molar-refractivity contribution >= 4 is 0 Å². The number of H-pyrrole nitrogens is 1. The Hall–Kier alpha value is -1.20. The van der Waals surface area contributed by atoms with Crippen molar-refractivity contribution in [2.75, 3.05) is 33.4 Å². The largest absolute Gasteiger partial charge is 0.383 e. The van der Waals surface area contributed by atoms with Gasteiger partial charge < -0.3 is 14.6 Å². The van der Waals surface area contributed by atoms with Crippen molar-refractivity contribution in [1.82, 2.24) is 14.9 Å². The zero-order chi connectivity index (χ0) is 13.0. The Morgan fingerprint density at radius 2 is 2.44 bits per heavy atom. The number of nitrogens with zero attached hydrogens (tertiary/aromatic N) is 2. The normalized spacial score (nSPS) is 21.1. The summed E-state index contributed by atoms with van der Waals surface area (Å²) >= 11 is 0. The Balaban J connectivity index is 2.05. The standard InChI is InChI=1S/C13H21N3O2/c1-10-8-12(17)15-13(14-10)11-4-3-5-16(9-11)6-7-18-2/h8,11H,3-7,9H2,1-2H3,(H,14,15,17). The van der Waals surface area contributed by atoms with Crippen LogP contribution in [-0.4, -0.2) is 48.2 Å². The van der Waals surface area contributed by atoms with Crippen molar-refractivity contribution in [3.63, 3.8) is 0 Å². The van der Waals surface area contributed by atoms with Crippen molar-refractivity contribution in [1.29, 1.82) is 0 Å². The van der Waals surface area contributed by atoms with E-state index in [1.165, 1.54) is 6.07 Å². The predicted octanol–water partition coefficient (Wildman–Crippen LogP) is 0.904. The number of aromatic nitrogens is 2. The van der Waals surface area contributed by atoms with Gasteiger partial charge >= 0.3 is 0 Å². The number of aromatic amines is 1. The Morgan fingerprint density at radius 3 is 3.17 bits per heavy atom. The van der Waals surface area contributed by atoms with Crippen LogP contribution in [0.4, 0.5) is 0 Å². The molecule has 0 aromatic carbocycles. The molecule has 100 valence electrons. The molecule has 5 nitrogen and oxygen atoms in total. The molecule has 0 radical (unpaired) electrons. The van der Waals surface area contributed by atoms with Gasteiger partial charge in [0.15, 0.2) is 0 Å². The van der Waals surface area contributed by atoms with E-state index in [9.17, 15) is 4.79 Å². The fourth-order valence-corrected chi connectivity index (χ4v) is 2.50. The zero-order valence-corrected chi connectivity index (χ0v) is 11.1. The highest BCUT2D eigenvalue weighted by Gasteiger charge is 2.22. The average Bonchev–Trinajstić information content (AvgIpc) is 2.35. The first-order valence-electron chi connectivity index (χ1n) is 6.48. The molecule has 0 spiro atoms. The first kappa shape index (κ1) is 13.2. The van der Waals surface area contributed by atoms with Gasteiger partial charge in [0.05, 0.1) is 6.61 Å². The van der Waals surface area contributed by atoms with Gasteiger partial charge in [-0.2, -0.15) is 0 Å². The van der Waals surface area contributed by atoms with E-state index in [2.05, 4.69) is 14.9 Å². The maximum absolute atomic E-state index is 11.5. The van der Waals surface area contributed by atoms with Crippen LogP contribution in [0.1, 0.15) is 30.3 Å². The molecule has 1 aromatic rings. The summed E-state index contributed by atoms with van der Waals surface area (Å²) in [7, 11) is 1.72. The average molecular weight is 251 g/mol. The summed E-state index contributed by atoms with van der Waals surface area (Å²) in [4.78, 5) is 21.2. The minimum Gasteiger partial charge on any atom is -0.383 e. The van der Waals surface area contributed by atoms with Gasteiger partial charge in [-0.25, -0.2) is 4.98 Å². The van der Waals surface area contributed by atoms with Crippen LogP contribution in [0.25, 0.3) is 0 Å². The highest BCUT2D eigenvalue weighted by molar-refractivity contribution is 5.05. The first-order valence-corrected chi connectivity index (χ1v) is 6.48. The van der Waals surface area contributed by atoms with Gasteiger partial charge in [-0.1, -0.05) is 0 Å². The maximum Gasteiger partial charge on any atom is 0.251 e. The summed E-state index contributed by atoms with van der Waals surface area (Å²) in [5, 5.41) is 0. The lowest BCUT2D eigenvalue weighted by molar-refractivity contribution is 0.127. The molecule has 1 unspecified atom stereocenters. The lowest BCUT2D eigenvalue weighted by Crippen LogP contribution is -2.37. The van der Waals surface area contributed by atoms with Crippen LogP contribution >= 0.6 is 0 Å². The van der Waals surface area contributed by atoms with Gasteiger partial charge in [0.1, 0.15) is 5.82 Å². The van der Waals surface area contributed by atoms with Gasteiger partial charge in [0, 0.05) is 37.9 Å². The fraction of sp³-hybridized carbons (Fsp3) is 0.692. The molecule has 1 aliphatic heterocycles. The third-order valence-electron chi connectivity index (χ3n) is 3.39. The molecule has 0 saturated carbocycles. The third-order valence-corrected chi connectivity index (χ3v) is 3.39. The van der Waals surface area contributed by atoms with Gasteiger partial charge in [0.2, 0.25) is 0 Å². The monoisotopic (exact) mass is 251 g/mol. The molecule has 0 aliphatic carbocycles. The molecule has 0 amide bonds. The van der Waals surface area contributed by atoms with Crippen LogP contribution in [0.3, 0.4) is 0 Å². The Bertz CT molecular complexity index is 444. The highest BCUT2D eigenvalue weighted by atomic mass is 16.5. The summed E-state index contributed by atoms with van der Waals surface area (Å²) in [6, 6.07) is 1.54. The zero-order valence-electron chi connectivity index (χ0n) is 11.1. The molecular weight excluding hydrogens is 230 g/mol. The van der Waals surface area contributed by atoms with Gasteiger partial charge in [-0.15, -0.1) is 0 Å². The Kier molecular flexibility index (Phi) is 4.49. The number of methoxy groups -OCH3 is 1. The van der Waals surface area contributed by atoms with E-state index in [0.29, 0.717) is 5.92 Å². The molecule has 1 aliphatic rings. The fourth-order valence-electron chi connectivity index (χ4n) is 2.50. The summed E-state index contributed by atoms with van der Waals surface area (Å²) in [6.45, 7) is 5.63. The van der Waals surface area contributed by atoms with Gasteiger partial charge in [-0.3, -0.25) is 4.79 Å². The van der Waals surface area contributed by atoms with Crippen molar-refractivity contribution < 1.29 is 4.74 Å². The number of hydrogen-bond acceptors (Lipinski definition) is 4. The maximum atomic E-state index is 11.5. The second-order valence-electron chi connectivity index (χ2n) is 4.90. The van der Waals surface area contributed by atoms with E-state index in [-0.39, 0.29) is 5.56 Å². The molecule has 0 bridgehead atoms. The van der Waals surface area contributed by atoms with Gasteiger partial charge in [0.25, 0.3) is 5.56 Å². The minimum atomic E-state index is -0.0495.